The molecule has 0 aliphatic heterocycles. The Morgan fingerprint density at radius 2 is 0.322 bits per heavy atom. The molecule has 9 atom stereocenters. The number of rotatable bonds is 30. The molecule has 0 bridgehead atoms. The first-order valence-electron chi connectivity index (χ1n) is 30.8. The van der Waals surface area contributed by atoms with Crippen LogP contribution in [0.2, 0.25) is 0 Å². The van der Waals surface area contributed by atoms with Crippen LogP contribution in [0, 0.1) is 0 Å². The van der Waals surface area contributed by atoms with Gasteiger partial charge in [0.2, 0.25) is 0 Å². The molecule has 9 unspecified atom stereocenters. The van der Waals surface area contributed by atoms with Gasteiger partial charge in [-0.25, -0.2) is 47.9 Å². The molecule has 0 aromatic heterocycles. The third-order valence-corrected chi connectivity index (χ3v) is 23.2. The minimum Gasteiger partial charge on any atom is -0.743 e. The van der Waals surface area contributed by atoms with Crippen molar-refractivity contribution in [3.63, 3.8) is 0 Å². The van der Waals surface area contributed by atoms with Gasteiger partial charge < -0.3 is 4.55 Å². The maximum atomic E-state index is 12.1. The lowest BCUT2D eigenvalue weighted by Crippen LogP contribution is -2.38. The van der Waals surface area contributed by atoms with Gasteiger partial charge in [0, 0.05) is 0 Å². The fraction of sp³-hybridized carbons (Fsp3) is 0.667. The molecular weight excluding hydrogens is 1910 g/mol. The van der Waals surface area contributed by atoms with Crippen molar-refractivity contribution in [1.82, 2.24) is 0 Å². The summed E-state index contributed by atoms with van der Waals surface area (Å²) in [4.78, 5) is 4.08. The van der Waals surface area contributed by atoms with Crippen LogP contribution in [0.5, 0.6) is 0 Å². The quantitative estimate of drug-likeness (QED) is 0.0175. The van der Waals surface area contributed by atoms with Gasteiger partial charge in [-0.05, 0) is 94.2 Å². The summed E-state index contributed by atoms with van der Waals surface area (Å²) < 4.78 is 576. The van der Waals surface area contributed by atoms with Crippen LogP contribution in [0.4, 0.5) is 119 Å². The molecule has 118 heavy (non-hydrogen) atoms. The molecule has 3 aromatic carbocycles. The van der Waals surface area contributed by atoms with Crippen LogP contribution in [-0.2, 0) is 102 Å². The van der Waals surface area contributed by atoms with Gasteiger partial charge in [-0.1, -0.05) is 117 Å². The number of alkyl halides is 27. The van der Waals surface area contributed by atoms with Crippen molar-refractivity contribution in [3.05, 3.63) is 91.0 Å². The average molecular weight is 1990 g/mol. The molecular formula is C54H77F27O27S10. The molecule has 0 aliphatic carbocycles. The Morgan fingerprint density at radius 3 is 0.381 bits per heavy atom. The zero-order valence-electron chi connectivity index (χ0n) is 60.8. The fourth-order valence-electron chi connectivity index (χ4n) is 5.67. The van der Waals surface area contributed by atoms with Crippen molar-refractivity contribution >= 4 is 102 Å². The first-order chi connectivity index (χ1) is 52.0. The second-order valence-corrected chi connectivity index (χ2v) is 36.9. The molecule has 704 valence electrons. The lowest BCUT2D eigenvalue weighted by atomic mass is 10.3. The van der Waals surface area contributed by atoms with Gasteiger partial charge in [0.05, 0.1) is 10.9 Å². The molecule has 0 heterocycles. The van der Waals surface area contributed by atoms with Gasteiger partial charge in [0.15, 0.2) is 80.3 Å². The standard InChI is InChI=1S/C18H15S.9C4H7F3O3S/c1-4-10-16(11-5-1)19(17-12-6-2-7-13-17)18-14-8-3-9-15-18;9*1-2-3(5)4(6,7)11(8,9)10/h1-15H;9*3H,2H2,1H3,(H,8,9,10)/q+1;;;;;;;;;/p-1. The summed E-state index contributed by atoms with van der Waals surface area (Å²) in [7, 11) is -50.9. The Bertz CT molecular complexity index is 3680. The van der Waals surface area contributed by atoms with E-state index in [-0.39, 0.29) is 10.9 Å². The van der Waals surface area contributed by atoms with Crippen molar-refractivity contribution in [1.29, 1.82) is 0 Å². The molecule has 0 fully saturated rings. The summed E-state index contributed by atoms with van der Waals surface area (Å²) >= 11 is 0. The Hall–Kier alpha value is -4.69. The predicted molar refractivity (Wildman–Crippen MR) is 365 cm³/mol. The largest absolute Gasteiger partial charge is 0.743 e. The maximum absolute atomic E-state index is 12.1. The van der Waals surface area contributed by atoms with Crippen molar-refractivity contribution in [3.8, 4) is 0 Å². The van der Waals surface area contributed by atoms with E-state index >= 15 is 0 Å². The van der Waals surface area contributed by atoms with Crippen LogP contribution in [0.1, 0.15) is 120 Å². The second kappa shape index (κ2) is 50.3. The zero-order chi connectivity index (χ0) is 96.5. The van der Waals surface area contributed by atoms with Crippen molar-refractivity contribution in [2.24, 2.45) is 0 Å². The predicted octanol–water partition coefficient (Wildman–Crippen LogP) is 15.4. The molecule has 3 rings (SSSR count). The van der Waals surface area contributed by atoms with E-state index in [9.17, 15) is 199 Å². The molecule has 0 aliphatic rings. The van der Waals surface area contributed by atoms with Gasteiger partial charge in [-0.3, -0.25) is 36.4 Å². The van der Waals surface area contributed by atoms with Gasteiger partial charge >= 0.3 is 128 Å². The Morgan fingerprint density at radius 1 is 0.229 bits per heavy atom. The maximum Gasteiger partial charge on any atom is 0.400 e. The molecule has 0 spiro atoms. The first-order valence-corrected chi connectivity index (χ1v) is 45.0. The van der Waals surface area contributed by atoms with E-state index < -0.39 is 252 Å². The molecule has 64 heteroatoms. The minimum atomic E-state index is -5.87. The van der Waals surface area contributed by atoms with Crippen LogP contribution in [0.25, 0.3) is 0 Å². The summed E-state index contributed by atoms with van der Waals surface area (Å²) in [6.07, 6.45) is -31.9. The van der Waals surface area contributed by atoms with Crippen LogP contribution >= 0.6 is 0 Å². The molecule has 0 amide bonds. The highest BCUT2D eigenvalue weighted by atomic mass is 32.3. The lowest BCUT2D eigenvalue weighted by Gasteiger charge is -2.22. The normalized spacial score (nSPS) is 15.5. The SMILES string of the molecule is CCC(F)C(F)(F)S(=O)(=O)O.CCC(F)C(F)(F)S(=O)(=O)O.CCC(F)C(F)(F)S(=O)(=O)O.CCC(F)C(F)(F)S(=O)(=O)O.CCC(F)C(F)(F)S(=O)(=O)O.CCC(F)C(F)(F)S(=O)(=O)O.CCC(F)C(F)(F)S(=O)(=O)O.CCC(F)C(F)(F)S(=O)(=O)O.CCC(F)C(F)(F)S(=O)(=O)[O-].c1ccc([S+](c2ccccc2)c2ccccc2)cc1. The van der Waals surface area contributed by atoms with E-state index in [2.05, 4.69) is 91.0 Å². The minimum absolute atomic E-state index is 0.0146. The van der Waals surface area contributed by atoms with Crippen molar-refractivity contribution in [2.75, 3.05) is 0 Å². The summed E-state index contributed by atoms with van der Waals surface area (Å²) in [5.41, 5.74) is 0. The molecule has 0 saturated carbocycles. The highest BCUT2D eigenvalue weighted by molar-refractivity contribution is 7.97. The first kappa shape index (κ1) is 126. The number of hydrogen-bond donors (Lipinski definition) is 8. The van der Waals surface area contributed by atoms with Crippen molar-refractivity contribution in [2.45, 2.75) is 238 Å². The number of benzene rings is 3. The fourth-order valence-corrected chi connectivity index (χ4v) is 12.2. The monoisotopic (exact) mass is 1990 g/mol. The van der Waals surface area contributed by atoms with Gasteiger partial charge in [-0.2, -0.15) is 146 Å². The van der Waals surface area contributed by atoms with E-state index in [0.29, 0.717) is 0 Å². The summed E-state index contributed by atoms with van der Waals surface area (Å²) in [5.74, 6) is 0. The summed E-state index contributed by atoms with van der Waals surface area (Å²) in [6.45, 7) is 9.38. The van der Waals surface area contributed by atoms with E-state index in [1.165, 1.54) is 14.7 Å². The zero-order valence-corrected chi connectivity index (χ0v) is 69.0. The van der Waals surface area contributed by atoms with Crippen LogP contribution in [0.15, 0.2) is 106 Å². The third-order valence-electron chi connectivity index (χ3n) is 12.5. The number of hydrogen-bond acceptors (Lipinski definition) is 19. The van der Waals surface area contributed by atoms with E-state index in [1.807, 2.05) is 0 Å². The molecule has 8 N–H and O–H groups in total. The van der Waals surface area contributed by atoms with Crippen LogP contribution in [-0.4, -0.2) is 220 Å². The molecule has 27 nitrogen and oxygen atoms in total. The highest BCUT2D eigenvalue weighted by Crippen LogP contribution is 2.37. The molecule has 3 aromatic rings. The Balaban J connectivity index is -0.000000234. The van der Waals surface area contributed by atoms with E-state index in [4.69, 9.17) is 36.4 Å². The summed E-state index contributed by atoms with van der Waals surface area (Å²) in [5, 5.41) is -42.3. The van der Waals surface area contributed by atoms with Gasteiger partial charge in [0.1, 0.15) is 0 Å². The Kier molecular flexibility index (Phi) is 53.9. The average Bonchev–Trinajstić information content (AvgIpc) is 0.922. The summed E-state index contributed by atoms with van der Waals surface area (Å²) in [6, 6.07) is 32.2. The molecule has 0 radical (unpaired) electrons. The van der Waals surface area contributed by atoms with Crippen LogP contribution in [0.3, 0.4) is 0 Å². The third kappa shape index (κ3) is 39.9. The number of halogens is 27. The second-order valence-electron chi connectivity index (χ2n) is 21.4. The van der Waals surface area contributed by atoms with E-state index in [1.54, 1.807) is 0 Å². The smallest absolute Gasteiger partial charge is 0.400 e. The molecule has 0 saturated heterocycles. The lowest BCUT2D eigenvalue weighted by molar-refractivity contribution is -0.00466. The topological polar surface area (TPSA) is 492 Å². The van der Waals surface area contributed by atoms with Crippen molar-refractivity contribution < 1.29 is 235 Å². The Labute approximate surface area is 662 Å². The van der Waals surface area contributed by atoms with Crippen LogP contribution < -0.4 is 0 Å². The van der Waals surface area contributed by atoms with Gasteiger partial charge in [-0.15, -0.1) is 0 Å². The van der Waals surface area contributed by atoms with E-state index in [0.717, 1.165) is 62.3 Å². The highest BCUT2D eigenvalue weighted by Gasteiger charge is 2.57. The van der Waals surface area contributed by atoms with Gasteiger partial charge in [0.25, 0.3) is 0 Å².